The molecule has 0 heterocycles. The number of benzene rings is 2. The second kappa shape index (κ2) is 12.5. The Morgan fingerprint density at radius 1 is 1.09 bits per heavy atom. The first-order valence-corrected chi connectivity index (χ1v) is 10.7. The first kappa shape index (κ1) is 27.3. The Hall–Kier alpha value is -3.92. The van der Waals surface area contributed by atoms with Gasteiger partial charge in [-0.25, -0.2) is 9.59 Å². The van der Waals surface area contributed by atoms with E-state index in [1.54, 1.807) is 26.3 Å². The lowest BCUT2D eigenvalue weighted by molar-refractivity contribution is -0.384. The van der Waals surface area contributed by atoms with Gasteiger partial charge in [0, 0.05) is 31.9 Å². The van der Waals surface area contributed by atoms with E-state index in [1.807, 2.05) is 26.0 Å². The lowest BCUT2D eigenvalue weighted by Crippen LogP contribution is -2.29. The van der Waals surface area contributed by atoms with Crippen LogP contribution in [0, 0.1) is 24.0 Å². The molecule has 2 rings (SSSR count). The van der Waals surface area contributed by atoms with Crippen molar-refractivity contribution in [2.45, 2.75) is 20.0 Å². The summed E-state index contributed by atoms with van der Waals surface area (Å²) in [6, 6.07) is 10.1. The van der Waals surface area contributed by atoms with Crippen LogP contribution >= 0.6 is 0 Å². The van der Waals surface area contributed by atoms with E-state index in [0.717, 1.165) is 28.3 Å². The Balaban J connectivity index is 2.30. The lowest BCUT2D eigenvalue weighted by atomic mass is 9.94. The second-order valence-electron chi connectivity index (χ2n) is 7.77. The summed E-state index contributed by atoms with van der Waals surface area (Å²) in [7, 11) is 5.63. The van der Waals surface area contributed by atoms with Crippen LogP contribution in [0.3, 0.4) is 0 Å². The maximum atomic E-state index is 12.1. The second-order valence-corrected chi connectivity index (χ2v) is 7.77. The standard InChI is InChI=1S/C25H30N2O8/c1-16-13-17(2)23(24(33-5)18-7-9-19(10-8-18)27(30)31)21(14-16)35-12-11-26(3)20(25(29)34-6)15-22(28)32-4/h7-10,13-15,24H,11-12H2,1-6H3. The fourth-order valence-corrected chi connectivity index (χ4v) is 3.60. The van der Waals surface area contributed by atoms with E-state index in [2.05, 4.69) is 4.74 Å². The third-order valence-electron chi connectivity index (χ3n) is 5.34. The summed E-state index contributed by atoms with van der Waals surface area (Å²) in [5.41, 5.74) is 3.46. The molecule has 0 aromatic heterocycles. The van der Waals surface area contributed by atoms with E-state index in [9.17, 15) is 19.7 Å². The van der Waals surface area contributed by atoms with Crippen LogP contribution in [0.5, 0.6) is 5.75 Å². The number of nitrogens with zero attached hydrogens (tertiary/aromatic N) is 2. The Morgan fingerprint density at radius 3 is 2.29 bits per heavy atom. The number of carbonyl (C=O) groups excluding carboxylic acids is 2. The number of nitro groups is 1. The van der Waals surface area contributed by atoms with Crippen molar-refractivity contribution in [1.82, 2.24) is 4.90 Å². The number of hydrogen-bond acceptors (Lipinski definition) is 9. The van der Waals surface area contributed by atoms with Gasteiger partial charge in [-0.3, -0.25) is 10.1 Å². The third-order valence-corrected chi connectivity index (χ3v) is 5.34. The van der Waals surface area contributed by atoms with Crippen molar-refractivity contribution in [2.24, 2.45) is 0 Å². The summed E-state index contributed by atoms with van der Waals surface area (Å²) in [6.45, 7) is 4.32. The number of esters is 2. The van der Waals surface area contributed by atoms with E-state index in [1.165, 1.54) is 31.3 Å². The van der Waals surface area contributed by atoms with Gasteiger partial charge in [-0.15, -0.1) is 0 Å². The first-order chi connectivity index (χ1) is 16.6. The summed E-state index contributed by atoms with van der Waals surface area (Å²) in [5.74, 6) is -0.777. The lowest BCUT2D eigenvalue weighted by Gasteiger charge is -2.24. The predicted molar refractivity (Wildman–Crippen MR) is 128 cm³/mol. The molecular formula is C25H30N2O8. The zero-order chi connectivity index (χ0) is 26.1. The molecule has 10 heteroatoms. The molecule has 0 aliphatic heterocycles. The van der Waals surface area contributed by atoms with E-state index < -0.39 is 23.0 Å². The van der Waals surface area contributed by atoms with Crippen LogP contribution in [0.1, 0.15) is 28.4 Å². The van der Waals surface area contributed by atoms with Crippen molar-refractivity contribution in [1.29, 1.82) is 0 Å². The van der Waals surface area contributed by atoms with Gasteiger partial charge in [0.1, 0.15) is 24.2 Å². The normalized spacial score (nSPS) is 12.0. The Kier molecular flexibility index (Phi) is 9.77. The molecule has 0 aliphatic carbocycles. The van der Waals surface area contributed by atoms with Crippen LogP contribution in [0.4, 0.5) is 5.69 Å². The molecule has 0 radical (unpaired) electrons. The molecule has 0 saturated heterocycles. The average molecular weight is 487 g/mol. The van der Waals surface area contributed by atoms with Gasteiger partial charge in [-0.2, -0.15) is 0 Å². The highest BCUT2D eigenvalue weighted by atomic mass is 16.6. The quantitative estimate of drug-likeness (QED) is 0.204. The number of likely N-dealkylation sites (N-methyl/N-ethyl adjacent to an activating group) is 1. The van der Waals surface area contributed by atoms with Crippen LogP contribution in [0.2, 0.25) is 0 Å². The minimum atomic E-state index is -0.680. The smallest absolute Gasteiger partial charge is 0.354 e. The van der Waals surface area contributed by atoms with Gasteiger partial charge in [0.2, 0.25) is 0 Å². The Morgan fingerprint density at radius 2 is 1.74 bits per heavy atom. The van der Waals surface area contributed by atoms with Gasteiger partial charge in [0.05, 0.1) is 31.8 Å². The van der Waals surface area contributed by atoms with Crippen LogP contribution in [0.15, 0.2) is 48.2 Å². The van der Waals surface area contributed by atoms with E-state index in [4.69, 9.17) is 14.2 Å². The zero-order valence-electron chi connectivity index (χ0n) is 20.7. The molecule has 0 N–H and O–H groups in total. The molecule has 1 atom stereocenters. The molecule has 188 valence electrons. The maximum Gasteiger partial charge on any atom is 0.354 e. The molecule has 0 amide bonds. The molecule has 0 fully saturated rings. The molecule has 0 saturated carbocycles. The number of ether oxygens (including phenoxy) is 4. The monoisotopic (exact) mass is 486 g/mol. The SMILES string of the molecule is COC(=O)C=C(C(=O)OC)N(C)CCOc1cc(C)cc(C)c1C(OC)c1ccc([N+](=O)[O-])cc1. The minimum absolute atomic E-state index is 0.00911. The molecule has 2 aromatic carbocycles. The largest absolute Gasteiger partial charge is 0.491 e. The third kappa shape index (κ3) is 7.03. The van der Waals surface area contributed by atoms with E-state index >= 15 is 0 Å². The van der Waals surface area contributed by atoms with E-state index in [0.29, 0.717) is 5.75 Å². The highest BCUT2D eigenvalue weighted by Crippen LogP contribution is 2.36. The summed E-state index contributed by atoms with van der Waals surface area (Å²) in [5, 5.41) is 11.0. The molecule has 0 spiro atoms. The average Bonchev–Trinajstić information content (AvgIpc) is 2.83. The Labute approximate surface area is 204 Å². The van der Waals surface area contributed by atoms with Crippen molar-refractivity contribution < 1.29 is 33.5 Å². The number of rotatable bonds is 11. The summed E-state index contributed by atoms with van der Waals surface area (Å²) in [4.78, 5) is 35.8. The number of aryl methyl sites for hydroxylation is 2. The van der Waals surface area contributed by atoms with Crippen molar-refractivity contribution in [3.63, 3.8) is 0 Å². The van der Waals surface area contributed by atoms with Gasteiger partial charge in [-0.05, 0) is 48.7 Å². The molecule has 2 aromatic rings. The van der Waals surface area contributed by atoms with Gasteiger partial charge in [-0.1, -0.05) is 6.07 Å². The van der Waals surface area contributed by atoms with Crippen LogP contribution < -0.4 is 4.74 Å². The van der Waals surface area contributed by atoms with Crippen LogP contribution in [0.25, 0.3) is 0 Å². The summed E-state index contributed by atoms with van der Waals surface area (Å²) >= 11 is 0. The van der Waals surface area contributed by atoms with Gasteiger partial charge in [0.25, 0.3) is 5.69 Å². The van der Waals surface area contributed by atoms with Crippen LogP contribution in [-0.4, -0.2) is 63.3 Å². The highest BCUT2D eigenvalue weighted by Gasteiger charge is 2.23. The topological polar surface area (TPSA) is 117 Å². The van der Waals surface area contributed by atoms with Gasteiger partial charge in [0.15, 0.2) is 0 Å². The van der Waals surface area contributed by atoms with Crippen molar-refractivity contribution in [2.75, 3.05) is 41.5 Å². The Bertz CT molecular complexity index is 1100. The first-order valence-electron chi connectivity index (χ1n) is 10.7. The molecule has 1 unspecified atom stereocenters. The number of non-ortho nitro benzene ring substituents is 1. The molecule has 35 heavy (non-hydrogen) atoms. The maximum absolute atomic E-state index is 12.1. The molecule has 0 bridgehead atoms. The minimum Gasteiger partial charge on any atom is -0.491 e. The van der Waals surface area contributed by atoms with Crippen molar-refractivity contribution >= 4 is 17.6 Å². The number of nitro benzene ring substituents is 1. The summed E-state index contributed by atoms with van der Waals surface area (Å²) in [6.07, 6.45) is 0.540. The zero-order valence-corrected chi connectivity index (χ0v) is 20.7. The molecular weight excluding hydrogens is 456 g/mol. The summed E-state index contributed by atoms with van der Waals surface area (Å²) < 4.78 is 21.2. The molecule has 10 nitrogen and oxygen atoms in total. The predicted octanol–water partition coefficient (Wildman–Crippen LogP) is 3.49. The molecule has 0 aliphatic rings. The van der Waals surface area contributed by atoms with Gasteiger partial charge < -0.3 is 23.8 Å². The number of methoxy groups -OCH3 is 3. The van der Waals surface area contributed by atoms with Crippen LogP contribution in [-0.2, 0) is 23.8 Å². The fraction of sp³-hybridized carbons (Fsp3) is 0.360. The fourth-order valence-electron chi connectivity index (χ4n) is 3.60. The number of carbonyl (C=O) groups is 2. The van der Waals surface area contributed by atoms with E-state index in [-0.39, 0.29) is 24.5 Å². The van der Waals surface area contributed by atoms with Crippen molar-refractivity contribution in [3.05, 3.63) is 80.5 Å². The van der Waals surface area contributed by atoms with Crippen molar-refractivity contribution in [3.8, 4) is 5.75 Å². The number of hydrogen-bond donors (Lipinski definition) is 0. The van der Waals surface area contributed by atoms with Gasteiger partial charge >= 0.3 is 11.9 Å². The highest BCUT2D eigenvalue weighted by molar-refractivity contribution is 5.95.